The summed E-state index contributed by atoms with van der Waals surface area (Å²) in [5.41, 5.74) is 4.23. The molecule has 0 spiro atoms. The van der Waals surface area contributed by atoms with Gasteiger partial charge >= 0.3 is 0 Å². The first-order valence-corrected chi connectivity index (χ1v) is 7.81. The Balaban J connectivity index is 1.84. The third kappa shape index (κ3) is 3.34. The van der Waals surface area contributed by atoms with Gasteiger partial charge in [0.1, 0.15) is 0 Å². The number of hydrogen-bond donors (Lipinski definition) is 1. The van der Waals surface area contributed by atoms with E-state index in [0.717, 1.165) is 19.6 Å². The van der Waals surface area contributed by atoms with Crippen LogP contribution in [0.3, 0.4) is 0 Å². The molecule has 0 aliphatic carbocycles. The molecule has 1 heterocycles. The van der Waals surface area contributed by atoms with Gasteiger partial charge in [0, 0.05) is 31.7 Å². The summed E-state index contributed by atoms with van der Waals surface area (Å²) in [5.74, 6) is 0. The Kier molecular flexibility index (Phi) is 4.37. The Morgan fingerprint density at radius 3 is 2.52 bits per heavy atom. The van der Waals surface area contributed by atoms with Crippen LogP contribution in [0.5, 0.6) is 0 Å². The SMILES string of the molecule is Cc1ccccc1CN1CC(C)NCC1c1ccccc1. The van der Waals surface area contributed by atoms with E-state index in [2.05, 4.69) is 78.7 Å². The van der Waals surface area contributed by atoms with Gasteiger partial charge in [-0.25, -0.2) is 0 Å². The summed E-state index contributed by atoms with van der Waals surface area (Å²) in [6.45, 7) is 7.62. The lowest BCUT2D eigenvalue weighted by atomic mass is 9.99. The molecule has 3 rings (SSSR count). The third-order valence-electron chi connectivity index (χ3n) is 4.43. The zero-order valence-corrected chi connectivity index (χ0v) is 12.9. The van der Waals surface area contributed by atoms with Crippen molar-refractivity contribution in [2.24, 2.45) is 0 Å². The summed E-state index contributed by atoms with van der Waals surface area (Å²) in [4.78, 5) is 2.61. The van der Waals surface area contributed by atoms with E-state index in [1.165, 1.54) is 16.7 Å². The van der Waals surface area contributed by atoms with Crippen LogP contribution in [0.4, 0.5) is 0 Å². The van der Waals surface area contributed by atoms with Crippen molar-refractivity contribution in [1.29, 1.82) is 0 Å². The van der Waals surface area contributed by atoms with Crippen molar-refractivity contribution >= 4 is 0 Å². The van der Waals surface area contributed by atoms with E-state index < -0.39 is 0 Å². The summed E-state index contributed by atoms with van der Waals surface area (Å²) in [6, 6.07) is 20.6. The second kappa shape index (κ2) is 6.42. The zero-order valence-electron chi connectivity index (χ0n) is 12.9. The maximum Gasteiger partial charge on any atom is 0.0476 e. The molecular formula is C19H24N2. The standard InChI is InChI=1S/C19H24N2/c1-15-8-6-7-11-18(15)14-21-13-16(2)20-12-19(21)17-9-4-3-5-10-17/h3-11,16,19-20H,12-14H2,1-2H3. The molecule has 2 aromatic rings. The summed E-state index contributed by atoms with van der Waals surface area (Å²) < 4.78 is 0. The van der Waals surface area contributed by atoms with E-state index in [0.29, 0.717) is 12.1 Å². The highest BCUT2D eigenvalue weighted by molar-refractivity contribution is 5.27. The molecule has 0 saturated carbocycles. The fourth-order valence-corrected chi connectivity index (χ4v) is 3.17. The molecule has 1 aliphatic heterocycles. The van der Waals surface area contributed by atoms with E-state index >= 15 is 0 Å². The number of nitrogens with zero attached hydrogens (tertiary/aromatic N) is 1. The van der Waals surface area contributed by atoms with Crippen LogP contribution in [0.15, 0.2) is 54.6 Å². The van der Waals surface area contributed by atoms with Gasteiger partial charge in [0.05, 0.1) is 0 Å². The molecule has 21 heavy (non-hydrogen) atoms. The lowest BCUT2D eigenvalue weighted by molar-refractivity contribution is 0.127. The third-order valence-corrected chi connectivity index (χ3v) is 4.43. The maximum absolute atomic E-state index is 3.62. The van der Waals surface area contributed by atoms with Crippen LogP contribution in [0.2, 0.25) is 0 Å². The molecule has 0 amide bonds. The number of piperazine rings is 1. The van der Waals surface area contributed by atoms with Crippen LogP contribution >= 0.6 is 0 Å². The molecule has 0 aromatic heterocycles. The van der Waals surface area contributed by atoms with Gasteiger partial charge in [-0.1, -0.05) is 54.6 Å². The van der Waals surface area contributed by atoms with Crippen LogP contribution in [0, 0.1) is 6.92 Å². The smallest absolute Gasteiger partial charge is 0.0476 e. The molecule has 0 radical (unpaired) electrons. The summed E-state index contributed by atoms with van der Waals surface area (Å²) in [5, 5.41) is 3.62. The first-order chi connectivity index (χ1) is 10.2. The van der Waals surface area contributed by atoms with Crippen molar-refractivity contribution in [3.05, 3.63) is 71.3 Å². The Bertz CT molecular complexity index is 579. The molecule has 2 atom stereocenters. The second-order valence-electron chi connectivity index (χ2n) is 6.09. The Morgan fingerprint density at radius 2 is 1.76 bits per heavy atom. The lowest BCUT2D eigenvalue weighted by Crippen LogP contribution is -2.50. The Hall–Kier alpha value is -1.64. The average Bonchev–Trinajstić information content (AvgIpc) is 2.51. The number of hydrogen-bond acceptors (Lipinski definition) is 2. The van der Waals surface area contributed by atoms with Gasteiger partial charge in [0.2, 0.25) is 0 Å². The quantitative estimate of drug-likeness (QED) is 0.925. The molecule has 110 valence electrons. The number of aryl methyl sites for hydroxylation is 1. The van der Waals surface area contributed by atoms with Crippen molar-refractivity contribution in [2.75, 3.05) is 13.1 Å². The van der Waals surface area contributed by atoms with Gasteiger partial charge in [-0.2, -0.15) is 0 Å². The molecule has 0 bridgehead atoms. The monoisotopic (exact) mass is 280 g/mol. The van der Waals surface area contributed by atoms with E-state index in [1.807, 2.05) is 0 Å². The molecular weight excluding hydrogens is 256 g/mol. The molecule has 1 N–H and O–H groups in total. The Labute approximate surface area is 127 Å². The van der Waals surface area contributed by atoms with Crippen molar-refractivity contribution in [2.45, 2.75) is 32.5 Å². The van der Waals surface area contributed by atoms with Crippen molar-refractivity contribution < 1.29 is 0 Å². The van der Waals surface area contributed by atoms with E-state index in [1.54, 1.807) is 0 Å². The van der Waals surface area contributed by atoms with Crippen LogP contribution < -0.4 is 5.32 Å². The van der Waals surface area contributed by atoms with Gasteiger partial charge in [-0.05, 0) is 30.5 Å². The largest absolute Gasteiger partial charge is 0.311 e. The fraction of sp³-hybridized carbons (Fsp3) is 0.368. The Morgan fingerprint density at radius 1 is 1.05 bits per heavy atom. The van der Waals surface area contributed by atoms with Crippen LogP contribution in [-0.2, 0) is 6.54 Å². The summed E-state index contributed by atoms with van der Waals surface area (Å²) >= 11 is 0. The molecule has 2 nitrogen and oxygen atoms in total. The topological polar surface area (TPSA) is 15.3 Å². The fourth-order valence-electron chi connectivity index (χ4n) is 3.17. The highest BCUT2D eigenvalue weighted by atomic mass is 15.2. The van der Waals surface area contributed by atoms with Crippen LogP contribution in [-0.4, -0.2) is 24.0 Å². The lowest BCUT2D eigenvalue weighted by Gasteiger charge is -2.40. The minimum absolute atomic E-state index is 0.460. The molecule has 1 saturated heterocycles. The van der Waals surface area contributed by atoms with Crippen molar-refractivity contribution in [3.8, 4) is 0 Å². The zero-order chi connectivity index (χ0) is 14.7. The van der Waals surface area contributed by atoms with Crippen molar-refractivity contribution in [3.63, 3.8) is 0 Å². The van der Waals surface area contributed by atoms with Crippen LogP contribution in [0.1, 0.15) is 29.7 Å². The average molecular weight is 280 g/mol. The second-order valence-corrected chi connectivity index (χ2v) is 6.09. The van der Waals surface area contributed by atoms with E-state index in [9.17, 15) is 0 Å². The normalized spacial score (nSPS) is 23.1. The predicted molar refractivity (Wildman–Crippen MR) is 88.2 cm³/mol. The van der Waals surface area contributed by atoms with Gasteiger partial charge in [-0.3, -0.25) is 4.90 Å². The number of rotatable bonds is 3. The van der Waals surface area contributed by atoms with E-state index in [4.69, 9.17) is 0 Å². The van der Waals surface area contributed by atoms with Gasteiger partial charge in [0.25, 0.3) is 0 Å². The van der Waals surface area contributed by atoms with Gasteiger partial charge in [-0.15, -0.1) is 0 Å². The van der Waals surface area contributed by atoms with E-state index in [-0.39, 0.29) is 0 Å². The minimum Gasteiger partial charge on any atom is -0.311 e. The molecule has 2 heteroatoms. The summed E-state index contributed by atoms with van der Waals surface area (Å²) in [7, 11) is 0. The number of benzene rings is 2. The predicted octanol–water partition coefficient (Wildman–Crippen LogP) is 3.53. The van der Waals surface area contributed by atoms with Gasteiger partial charge < -0.3 is 5.32 Å². The summed E-state index contributed by atoms with van der Waals surface area (Å²) in [6.07, 6.45) is 0. The molecule has 2 unspecified atom stereocenters. The van der Waals surface area contributed by atoms with Gasteiger partial charge in [0.15, 0.2) is 0 Å². The maximum atomic E-state index is 3.62. The minimum atomic E-state index is 0.460. The highest BCUT2D eigenvalue weighted by Crippen LogP contribution is 2.26. The van der Waals surface area contributed by atoms with Crippen molar-refractivity contribution in [1.82, 2.24) is 10.2 Å². The first-order valence-electron chi connectivity index (χ1n) is 7.81. The first kappa shape index (κ1) is 14.3. The van der Waals surface area contributed by atoms with Crippen LogP contribution in [0.25, 0.3) is 0 Å². The molecule has 1 fully saturated rings. The molecule has 1 aliphatic rings. The highest BCUT2D eigenvalue weighted by Gasteiger charge is 2.27. The number of nitrogens with one attached hydrogen (secondary N) is 1. The molecule has 2 aromatic carbocycles.